The van der Waals surface area contributed by atoms with Crippen molar-refractivity contribution >= 4 is 17.8 Å². The van der Waals surface area contributed by atoms with Crippen LogP contribution in [0.25, 0.3) is 11.1 Å². The second-order valence-electron chi connectivity index (χ2n) is 4.45. The number of hydrogen-bond donors (Lipinski definition) is 4. The fourth-order valence-corrected chi connectivity index (χ4v) is 2.15. The molecule has 0 aliphatic rings. The third kappa shape index (κ3) is 2.71. The van der Waals surface area contributed by atoms with Gasteiger partial charge in [-0.3, -0.25) is 4.79 Å². The number of carboxylic acid groups (broad SMARTS) is 2. The van der Waals surface area contributed by atoms with Crippen LogP contribution < -0.4 is 16.0 Å². The van der Waals surface area contributed by atoms with Crippen LogP contribution in [0, 0.1) is 5.82 Å². The van der Waals surface area contributed by atoms with E-state index in [0.717, 1.165) is 18.2 Å². The first-order valence-corrected chi connectivity index (χ1v) is 6.14. The minimum absolute atomic E-state index is 0.0316. The first-order valence-electron chi connectivity index (χ1n) is 6.14. The molecule has 5 N–H and O–H groups in total. The molecule has 120 valence electrons. The van der Waals surface area contributed by atoms with Crippen LogP contribution in [0.4, 0.5) is 10.2 Å². The zero-order valence-corrected chi connectivity index (χ0v) is 11.7. The third-order valence-corrected chi connectivity index (χ3v) is 3.11. The zero-order valence-electron chi connectivity index (χ0n) is 11.7. The van der Waals surface area contributed by atoms with Crippen LogP contribution in [0.5, 0.6) is 5.75 Å². The average Bonchev–Trinajstić information content (AvgIpc) is 2.45. The normalized spacial score (nSPS) is 10.3. The summed E-state index contributed by atoms with van der Waals surface area (Å²) in [6, 6.07) is 3.18. The van der Waals surface area contributed by atoms with Crippen molar-refractivity contribution in [1.29, 1.82) is 0 Å². The SMILES string of the molecule is COc1cc(-c2c(C(=O)O)c(N)[nH]c(=O)c2C(=O)O)ccc1F. The first kappa shape index (κ1) is 16.0. The molecule has 1 aromatic carbocycles. The smallest absolute Gasteiger partial charge is 0.342 e. The van der Waals surface area contributed by atoms with E-state index in [4.69, 9.17) is 10.5 Å². The van der Waals surface area contributed by atoms with Crippen LogP contribution >= 0.6 is 0 Å². The molecule has 0 spiro atoms. The molecule has 2 rings (SSSR count). The van der Waals surface area contributed by atoms with Gasteiger partial charge in [-0.2, -0.15) is 0 Å². The van der Waals surface area contributed by atoms with Gasteiger partial charge in [0.15, 0.2) is 11.6 Å². The summed E-state index contributed by atoms with van der Waals surface area (Å²) in [5.74, 6) is -4.67. The maximum Gasteiger partial charge on any atom is 0.342 e. The van der Waals surface area contributed by atoms with Gasteiger partial charge in [0.1, 0.15) is 16.9 Å². The van der Waals surface area contributed by atoms with Gasteiger partial charge in [0.05, 0.1) is 7.11 Å². The van der Waals surface area contributed by atoms with E-state index in [9.17, 15) is 29.0 Å². The number of nitrogens with one attached hydrogen (secondary N) is 1. The molecule has 0 aliphatic heterocycles. The molecular weight excluding hydrogens is 311 g/mol. The third-order valence-electron chi connectivity index (χ3n) is 3.11. The molecule has 23 heavy (non-hydrogen) atoms. The van der Waals surface area contributed by atoms with Crippen LogP contribution in [-0.2, 0) is 0 Å². The van der Waals surface area contributed by atoms with Crippen molar-refractivity contribution < 1.29 is 28.9 Å². The second kappa shape index (κ2) is 5.79. The molecule has 0 saturated heterocycles. The monoisotopic (exact) mass is 322 g/mol. The minimum atomic E-state index is -1.65. The number of rotatable bonds is 4. The van der Waals surface area contributed by atoms with E-state index in [0.29, 0.717) is 0 Å². The van der Waals surface area contributed by atoms with Crippen molar-refractivity contribution in [2.75, 3.05) is 12.8 Å². The predicted molar refractivity (Wildman–Crippen MR) is 77.3 cm³/mol. The molecule has 1 heterocycles. The van der Waals surface area contributed by atoms with Gasteiger partial charge in [-0.25, -0.2) is 14.0 Å². The van der Waals surface area contributed by atoms with Crippen LogP contribution in [0.15, 0.2) is 23.0 Å². The quantitative estimate of drug-likeness (QED) is 0.661. The summed E-state index contributed by atoms with van der Waals surface area (Å²) in [6.45, 7) is 0. The number of carbonyl (C=O) groups is 2. The van der Waals surface area contributed by atoms with Crippen LogP contribution in [0.3, 0.4) is 0 Å². The lowest BCUT2D eigenvalue weighted by molar-refractivity contribution is 0.0695. The molecule has 0 amide bonds. The van der Waals surface area contributed by atoms with Crippen LogP contribution in [-0.4, -0.2) is 34.2 Å². The van der Waals surface area contributed by atoms with Gasteiger partial charge in [0, 0.05) is 5.56 Å². The first-order chi connectivity index (χ1) is 10.8. The number of carboxylic acids is 2. The van der Waals surface area contributed by atoms with Crippen molar-refractivity contribution in [3.8, 4) is 16.9 Å². The van der Waals surface area contributed by atoms with E-state index in [2.05, 4.69) is 0 Å². The Hall–Kier alpha value is -3.36. The number of anilines is 1. The van der Waals surface area contributed by atoms with Crippen molar-refractivity contribution in [2.24, 2.45) is 0 Å². The molecule has 0 radical (unpaired) electrons. The Morgan fingerprint density at radius 2 is 1.83 bits per heavy atom. The van der Waals surface area contributed by atoms with Gasteiger partial charge < -0.3 is 25.7 Å². The van der Waals surface area contributed by atoms with E-state index < -0.39 is 45.8 Å². The van der Waals surface area contributed by atoms with Gasteiger partial charge >= 0.3 is 11.9 Å². The number of halogens is 1. The topological polar surface area (TPSA) is 143 Å². The summed E-state index contributed by atoms with van der Waals surface area (Å²) in [5, 5.41) is 18.5. The number of nitrogens with two attached hydrogens (primary N) is 1. The zero-order chi connectivity index (χ0) is 17.3. The summed E-state index contributed by atoms with van der Waals surface area (Å²) < 4.78 is 18.3. The highest BCUT2D eigenvalue weighted by molar-refractivity contribution is 6.07. The molecule has 0 fully saturated rings. The molecule has 9 heteroatoms. The van der Waals surface area contributed by atoms with E-state index in [1.807, 2.05) is 4.98 Å². The maximum atomic E-state index is 13.5. The number of H-pyrrole nitrogens is 1. The Kier molecular flexibility index (Phi) is 4.04. The maximum absolute atomic E-state index is 13.5. The Bertz CT molecular complexity index is 874. The molecule has 2 aromatic rings. The number of pyridine rings is 1. The number of aromatic carboxylic acids is 2. The lowest BCUT2D eigenvalue weighted by atomic mass is 9.95. The Balaban J connectivity index is 2.96. The highest BCUT2D eigenvalue weighted by atomic mass is 19.1. The van der Waals surface area contributed by atoms with Gasteiger partial charge in [-0.1, -0.05) is 6.07 Å². The average molecular weight is 322 g/mol. The van der Waals surface area contributed by atoms with Gasteiger partial charge in [0.25, 0.3) is 5.56 Å². The van der Waals surface area contributed by atoms with Gasteiger partial charge in [0.2, 0.25) is 0 Å². The summed E-state index contributed by atoms with van der Waals surface area (Å²) in [7, 11) is 1.19. The van der Waals surface area contributed by atoms with E-state index >= 15 is 0 Å². The largest absolute Gasteiger partial charge is 0.494 e. The second-order valence-corrected chi connectivity index (χ2v) is 4.45. The summed E-state index contributed by atoms with van der Waals surface area (Å²) in [5.41, 5.74) is 2.55. The van der Waals surface area contributed by atoms with Gasteiger partial charge in [-0.15, -0.1) is 0 Å². The summed E-state index contributed by atoms with van der Waals surface area (Å²) in [6.07, 6.45) is 0. The fraction of sp³-hybridized carbons (Fsp3) is 0.0714. The molecule has 1 aromatic heterocycles. The Labute approximate surface area is 127 Å². The Morgan fingerprint density at radius 3 is 2.35 bits per heavy atom. The van der Waals surface area contributed by atoms with Crippen molar-refractivity contribution in [3.63, 3.8) is 0 Å². The highest BCUT2D eigenvalue weighted by Gasteiger charge is 2.27. The van der Waals surface area contributed by atoms with Gasteiger partial charge in [-0.05, 0) is 17.7 Å². The summed E-state index contributed by atoms with van der Waals surface area (Å²) in [4.78, 5) is 36.6. The number of ether oxygens (including phenoxy) is 1. The van der Waals surface area contributed by atoms with Crippen molar-refractivity contribution in [1.82, 2.24) is 4.98 Å². The number of aromatic nitrogens is 1. The van der Waals surface area contributed by atoms with Crippen molar-refractivity contribution in [3.05, 3.63) is 45.5 Å². The number of benzene rings is 1. The molecule has 0 unspecified atom stereocenters. The molecule has 0 bridgehead atoms. The lowest BCUT2D eigenvalue weighted by Gasteiger charge is -2.13. The van der Waals surface area contributed by atoms with E-state index in [1.165, 1.54) is 7.11 Å². The molecular formula is C14H11FN2O6. The highest BCUT2D eigenvalue weighted by Crippen LogP contribution is 2.32. The minimum Gasteiger partial charge on any atom is -0.494 e. The van der Waals surface area contributed by atoms with Crippen molar-refractivity contribution in [2.45, 2.75) is 0 Å². The molecule has 0 aliphatic carbocycles. The lowest BCUT2D eigenvalue weighted by Crippen LogP contribution is -2.24. The fourth-order valence-electron chi connectivity index (χ4n) is 2.15. The summed E-state index contributed by atoms with van der Waals surface area (Å²) >= 11 is 0. The number of nitrogen functional groups attached to an aromatic ring is 1. The van der Waals surface area contributed by atoms with E-state index in [1.54, 1.807) is 0 Å². The predicted octanol–water partition coefficient (Wildman–Crippen LogP) is 1.17. The van der Waals surface area contributed by atoms with E-state index in [-0.39, 0.29) is 11.3 Å². The number of methoxy groups -OCH3 is 1. The molecule has 0 saturated carbocycles. The Morgan fingerprint density at radius 1 is 1.22 bits per heavy atom. The number of hydrogen-bond acceptors (Lipinski definition) is 5. The van der Waals surface area contributed by atoms with Crippen LogP contribution in [0.1, 0.15) is 20.7 Å². The molecule has 8 nitrogen and oxygen atoms in total. The van der Waals surface area contributed by atoms with Crippen LogP contribution in [0.2, 0.25) is 0 Å². The number of aromatic amines is 1. The molecule has 0 atom stereocenters. The standard InChI is InChI=1S/C14H11FN2O6/c1-23-7-4-5(2-3-6(7)15)8-9(13(19)20)11(16)17-12(18)10(8)14(21)22/h2-4H,1H3,(H,19,20)(H,21,22)(H3,16,17,18).